The van der Waals surface area contributed by atoms with E-state index in [1.165, 1.54) is 0 Å². The Labute approximate surface area is 113 Å². The molecule has 0 aromatic heterocycles. The first-order chi connectivity index (χ1) is 9.18. The number of carboxylic acid groups (broad SMARTS) is 1. The smallest absolute Gasteiger partial charge is 0.330 e. The number of allylic oxidation sites excluding steroid dienone is 1. The summed E-state index contributed by atoms with van der Waals surface area (Å²) < 4.78 is 0. The second-order valence-corrected chi connectivity index (χ2v) is 4.45. The molecule has 0 fully saturated rings. The minimum absolute atomic E-state index is 0.0292. The summed E-state index contributed by atoms with van der Waals surface area (Å²) in [5.74, 6) is -0.907. The van der Waals surface area contributed by atoms with Gasteiger partial charge in [0.25, 0.3) is 0 Å². The molecule has 19 heavy (non-hydrogen) atoms. The van der Waals surface area contributed by atoms with Gasteiger partial charge in [0.2, 0.25) is 0 Å². The molecule has 1 N–H and O–H groups in total. The van der Waals surface area contributed by atoms with Crippen molar-refractivity contribution in [1.29, 1.82) is 0 Å². The van der Waals surface area contributed by atoms with Crippen molar-refractivity contribution in [3.8, 4) is 0 Å². The fourth-order valence-corrected chi connectivity index (χ4v) is 2.03. The van der Waals surface area contributed by atoms with Gasteiger partial charge in [0.15, 0.2) is 0 Å². The monoisotopic (exact) mass is 252 g/mol. The lowest BCUT2D eigenvalue weighted by atomic mass is 9.90. The molecule has 0 bridgehead atoms. The van der Waals surface area contributed by atoms with Crippen molar-refractivity contribution < 1.29 is 9.90 Å². The van der Waals surface area contributed by atoms with Crippen LogP contribution in [-0.2, 0) is 4.79 Å². The molecule has 96 valence electrons. The minimum atomic E-state index is -0.878. The van der Waals surface area contributed by atoms with Crippen LogP contribution in [0.25, 0.3) is 0 Å². The van der Waals surface area contributed by atoms with Crippen molar-refractivity contribution in [3.05, 3.63) is 83.4 Å². The molecule has 0 unspecified atom stereocenters. The summed E-state index contributed by atoms with van der Waals surface area (Å²) in [6, 6.07) is 19.9. The first-order valence-corrected chi connectivity index (χ1v) is 6.20. The van der Waals surface area contributed by atoms with Crippen molar-refractivity contribution in [2.75, 3.05) is 0 Å². The predicted molar refractivity (Wildman–Crippen MR) is 76.1 cm³/mol. The maximum absolute atomic E-state index is 11.0. The number of benzene rings is 2. The molecule has 0 radical (unpaired) electrons. The molecule has 0 atom stereocenters. The van der Waals surface area contributed by atoms with E-state index in [0.717, 1.165) is 11.1 Å². The van der Waals surface area contributed by atoms with Crippen molar-refractivity contribution in [2.45, 2.75) is 12.8 Å². The van der Waals surface area contributed by atoms with Gasteiger partial charge in [-0.1, -0.05) is 66.7 Å². The SMILES string of the molecule is CC(=CC(c1ccccc1)c1ccccc1)C(=O)O. The van der Waals surface area contributed by atoms with E-state index in [9.17, 15) is 4.79 Å². The van der Waals surface area contributed by atoms with Gasteiger partial charge in [-0.3, -0.25) is 0 Å². The van der Waals surface area contributed by atoms with Crippen LogP contribution in [0.5, 0.6) is 0 Å². The fraction of sp³-hybridized carbons (Fsp3) is 0.118. The number of rotatable bonds is 4. The molecular weight excluding hydrogens is 236 g/mol. The Hall–Kier alpha value is -2.35. The van der Waals surface area contributed by atoms with E-state index in [1.807, 2.05) is 60.7 Å². The minimum Gasteiger partial charge on any atom is -0.478 e. The third kappa shape index (κ3) is 3.32. The first-order valence-electron chi connectivity index (χ1n) is 6.20. The Morgan fingerprint density at radius 2 is 1.37 bits per heavy atom. The molecule has 2 heteroatoms. The second kappa shape index (κ2) is 6.01. The van der Waals surface area contributed by atoms with Crippen LogP contribution in [0.3, 0.4) is 0 Å². The summed E-state index contributed by atoms with van der Waals surface area (Å²) in [6.07, 6.45) is 1.80. The van der Waals surface area contributed by atoms with Gasteiger partial charge in [0, 0.05) is 11.5 Å². The van der Waals surface area contributed by atoms with E-state index in [4.69, 9.17) is 5.11 Å². The van der Waals surface area contributed by atoms with E-state index in [-0.39, 0.29) is 5.92 Å². The van der Waals surface area contributed by atoms with Gasteiger partial charge in [0.1, 0.15) is 0 Å². The molecule has 2 rings (SSSR count). The van der Waals surface area contributed by atoms with Gasteiger partial charge in [-0.25, -0.2) is 4.79 Å². The topological polar surface area (TPSA) is 37.3 Å². The quantitative estimate of drug-likeness (QED) is 0.839. The number of hydrogen-bond acceptors (Lipinski definition) is 1. The third-order valence-electron chi connectivity index (χ3n) is 3.07. The molecule has 0 aliphatic carbocycles. The highest BCUT2D eigenvalue weighted by Gasteiger charge is 2.13. The standard InChI is InChI=1S/C17H16O2/c1-13(17(18)19)12-16(14-8-4-2-5-9-14)15-10-6-3-7-11-15/h2-12,16H,1H3,(H,18,19). The molecule has 0 spiro atoms. The Balaban J connectivity index is 2.46. The van der Waals surface area contributed by atoms with Gasteiger partial charge in [-0.15, -0.1) is 0 Å². The van der Waals surface area contributed by atoms with E-state index < -0.39 is 5.97 Å². The molecule has 2 aromatic carbocycles. The Kier molecular flexibility index (Phi) is 4.14. The summed E-state index contributed by atoms with van der Waals surface area (Å²) >= 11 is 0. The lowest BCUT2D eigenvalue weighted by Gasteiger charge is -2.14. The third-order valence-corrected chi connectivity index (χ3v) is 3.07. The highest BCUT2D eigenvalue weighted by molar-refractivity contribution is 5.86. The zero-order chi connectivity index (χ0) is 13.7. The average molecular weight is 252 g/mol. The van der Waals surface area contributed by atoms with Crippen LogP contribution in [0.4, 0.5) is 0 Å². The molecule has 0 aliphatic heterocycles. The largest absolute Gasteiger partial charge is 0.478 e. The van der Waals surface area contributed by atoms with Gasteiger partial charge in [0.05, 0.1) is 0 Å². The molecular formula is C17H16O2. The van der Waals surface area contributed by atoms with Crippen LogP contribution in [0, 0.1) is 0 Å². The molecule has 0 saturated heterocycles. The Bertz CT molecular complexity index is 531. The number of aliphatic carboxylic acids is 1. The number of carbonyl (C=O) groups is 1. The lowest BCUT2D eigenvalue weighted by molar-refractivity contribution is -0.132. The van der Waals surface area contributed by atoms with Gasteiger partial charge >= 0.3 is 5.97 Å². The van der Waals surface area contributed by atoms with E-state index in [0.29, 0.717) is 5.57 Å². The maximum atomic E-state index is 11.0. The molecule has 0 saturated carbocycles. The second-order valence-electron chi connectivity index (χ2n) is 4.45. The number of carboxylic acids is 1. The molecule has 0 heterocycles. The van der Waals surface area contributed by atoms with Crippen molar-refractivity contribution >= 4 is 5.97 Å². The molecule has 2 aromatic rings. The molecule has 2 nitrogen and oxygen atoms in total. The van der Waals surface area contributed by atoms with Crippen LogP contribution in [-0.4, -0.2) is 11.1 Å². The van der Waals surface area contributed by atoms with Crippen LogP contribution in [0.1, 0.15) is 24.0 Å². The van der Waals surface area contributed by atoms with Crippen molar-refractivity contribution in [3.63, 3.8) is 0 Å². The summed E-state index contributed by atoms with van der Waals surface area (Å²) in [5, 5.41) is 9.06. The summed E-state index contributed by atoms with van der Waals surface area (Å²) in [6.45, 7) is 1.63. The highest BCUT2D eigenvalue weighted by Crippen LogP contribution is 2.26. The van der Waals surface area contributed by atoms with Gasteiger partial charge in [-0.05, 0) is 18.1 Å². The lowest BCUT2D eigenvalue weighted by Crippen LogP contribution is -2.03. The van der Waals surface area contributed by atoms with Crippen LogP contribution in [0.15, 0.2) is 72.3 Å². The highest BCUT2D eigenvalue weighted by atomic mass is 16.4. The van der Waals surface area contributed by atoms with E-state index in [2.05, 4.69) is 0 Å². The van der Waals surface area contributed by atoms with Crippen LogP contribution < -0.4 is 0 Å². The van der Waals surface area contributed by atoms with Crippen molar-refractivity contribution in [2.24, 2.45) is 0 Å². The van der Waals surface area contributed by atoms with E-state index >= 15 is 0 Å². The predicted octanol–water partition coefficient (Wildman–Crippen LogP) is 3.85. The van der Waals surface area contributed by atoms with Gasteiger partial charge < -0.3 is 5.11 Å². The molecule has 0 aliphatic rings. The Morgan fingerprint density at radius 1 is 0.947 bits per heavy atom. The maximum Gasteiger partial charge on any atom is 0.330 e. The van der Waals surface area contributed by atoms with Crippen LogP contribution >= 0.6 is 0 Å². The Morgan fingerprint density at radius 3 is 1.74 bits per heavy atom. The average Bonchev–Trinajstić information content (AvgIpc) is 2.46. The zero-order valence-corrected chi connectivity index (χ0v) is 10.8. The summed E-state index contributed by atoms with van der Waals surface area (Å²) in [5.41, 5.74) is 2.54. The first kappa shape index (κ1) is 13.1. The van der Waals surface area contributed by atoms with Crippen molar-refractivity contribution in [1.82, 2.24) is 0 Å². The normalized spacial score (nSPS) is 11.6. The van der Waals surface area contributed by atoms with Gasteiger partial charge in [-0.2, -0.15) is 0 Å². The van der Waals surface area contributed by atoms with E-state index in [1.54, 1.807) is 13.0 Å². The summed E-state index contributed by atoms with van der Waals surface area (Å²) in [4.78, 5) is 11.0. The fourth-order valence-electron chi connectivity index (χ4n) is 2.03. The zero-order valence-electron chi connectivity index (χ0n) is 10.8. The molecule has 0 amide bonds. The summed E-state index contributed by atoms with van der Waals surface area (Å²) in [7, 11) is 0. The number of hydrogen-bond donors (Lipinski definition) is 1. The van der Waals surface area contributed by atoms with Crippen LogP contribution in [0.2, 0.25) is 0 Å².